The second-order valence-electron chi connectivity index (χ2n) is 1.79. The smallest absolute Gasteiger partial charge is 0.172 e. The minimum absolute atomic E-state index is 0.169. The molecule has 0 amide bonds. The predicted molar refractivity (Wildman–Crippen MR) is 35.5 cm³/mol. The lowest BCUT2D eigenvalue weighted by Crippen LogP contribution is -1.89. The SMILES string of the molecule is Cc1ncnc(N=[N+]=[N-])c1F. The van der Waals surface area contributed by atoms with Crippen LogP contribution in [-0.4, -0.2) is 9.97 Å². The van der Waals surface area contributed by atoms with Crippen molar-refractivity contribution in [2.75, 3.05) is 0 Å². The van der Waals surface area contributed by atoms with Crippen LogP contribution in [0, 0.1) is 12.7 Å². The minimum atomic E-state index is -0.676. The van der Waals surface area contributed by atoms with E-state index in [9.17, 15) is 4.39 Å². The van der Waals surface area contributed by atoms with Gasteiger partial charge in [-0.05, 0) is 17.6 Å². The third-order valence-corrected chi connectivity index (χ3v) is 1.08. The molecule has 1 aromatic rings. The van der Waals surface area contributed by atoms with E-state index >= 15 is 0 Å². The number of hydrogen-bond acceptors (Lipinski definition) is 3. The van der Waals surface area contributed by atoms with Gasteiger partial charge in [-0.15, -0.1) is 0 Å². The normalized spacial score (nSPS) is 8.91. The van der Waals surface area contributed by atoms with Crippen LogP contribution in [0.2, 0.25) is 0 Å². The minimum Gasteiger partial charge on any atom is -0.239 e. The lowest BCUT2D eigenvalue weighted by atomic mass is 10.4. The molecule has 0 spiro atoms. The molecule has 0 aliphatic rings. The summed E-state index contributed by atoms with van der Waals surface area (Å²) in [6.07, 6.45) is 1.14. The highest BCUT2D eigenvalue weighted by molar-refractivity contribution is 5.29. The van der Waals surface area contributed by atoms with Gasteiger partial charge in [0.1, 0.15) is 6.33 Å². The van der Waals surface area contributed by atoms with E-state index in [1.807, 2.05) is 0 Å². The lowest BCUT2D eigenvalue weighted by molar-refractivity contribution is 0.604. The van der Waals surface area contributed by atoms with Crippen molar-refractivity contribution in [2.24, 2.45) is 5.11 Å². The van der Waals surface area contributed by atoms with Crippen molar-refractivity contribution in [3.8, 4) is 0 Å². The van der Waals surface area contributed by atoms with Crippen LogP contribution in [-0.2, 0) is 0 Å². The van der Waals surface area contributed by atoms with E-state index in [4.69, 9.17) is 5.53 Å². The zero-order chi connectivity index (χ0) is 8.27. The molecule has 1 aromatic heterocycles. The Labute approximate surface area is 61.5 Å². The summed E-state index contributed by atoms with van der Waals surface area (Å²) in [5, 5.41) is 3.02. The van der Waals surface area contributed by atoms with Crippen LogP contribution in [0.4, 0.5) is 10.2 Å². The van der Waals surface area contributed by atoms with Crippen molar-refractivity contribution in [3.63, 3.8) is 0 Å². The molecular weight excluding hydrogens is 149 g/mol. The van der Waals surface area contributed by atoms with Crippen LogP contribution in [0.15, 0.2) is 11.4 Å². The zero-order valence-corrected chi connectivity index (χ0v) is 5.69. The average Bonchev–Trinajstić information content (AvgIpc) is 1.99. The highest BCUT2D eigenvalue weighted by atomic mass is 19.1. The molecule has 11 heavy (non-hydrogen) atoms. The van der Waals surface area contributed by atoms with Gasteiger partial charge < -0.3 is 0 Å². The summed E-state index contributed by atoms with van der Waals surface area (Å²) in [7, 11) is 0. The first kappa shape index (κ1) is 7.43. The summed E-state index contributed by atoms with van der Waals surface area (Å²) < 4.78 is 12.8. The van der Waals surface area contributed by atoms with Crippen molar-refractivity contribution >= 4 is 5.82 Å². The van der Waals surface area contributed by atoms with Gasteiger partial charge in [-0.2, -0.15) is 0 Å². The standard InChI is InChI=1S/C5H4FN5/c1-3-4(6)5(10-11-7)9-2-8-3/h2H,1H3. The Hall–Kier alpha value is -1.68. The second kappa shape index (κ2) is 2.94. The maximum absolute atomic E-state index is 12.8. The van der Waals surface area contributed by atoms with E-state index in [-0.39, 0.29) is 11.5 Å². The Kier molecular flexibility index (Phi) is 1.98. The van der Waals surface area contributed by atoms with E-state index in [1.165, 1.54) is 6.92 Å². The number of azide groups is 1. The predicted octanol–water partition coefficient (Wildman–Crippen LogP) is 1.87. The van der Waals surface area contributed by atoms with Crippen molar-refractivity contribution in [2.45, 2.75) is 6.92 Å². The maximum atomic E-state index is 12.8. The third kappa shape index (κ3) is 1.42. The molecule has 0 aliphatic heterocycles. The van der Waals surface area contributed by atoms with Crippen LogP contribution in [0.3, 0.4) is 0 Å². The fraction of sp³-hybridized carbons (Fsp3) is 0.200. The number of aromatic nitrogens is 2. The molecule has 0 atom stereocenters. The van der Waals surface area contributed by atoms with E-state index in [0.29, 0.717) is 0 Å². The van der Waals surface area contributed by atoms with E-state index in [0.717, 1.165) is 6.33 Å². The molecular formula is C5H4FN5. The van der Waals surface area contributed by atoms with Gasteiger partial charge in [0.2, 0.25) is 0 Å². The molecule has 0 radical (unpaired) electrons. The van der Waals surface area contributed by atoms with Crippen LogP contribution in [0.5, 0.6) is 0 Å². The summed E-state index contributed by atoms with van der Waals surface area (Å²) in [4.78, 5) is 9.38. The summed E-state index contributed by atoms with van der Waals surface area (Å²) in [5.74, 6) is -0.940. The van der Waals surface area contributed by atoms with Crippen molar-refractivity contribution in [1.29, 1.82) is 0 Å². The van der Waals surface area contributed by atoms with Crippen molar-refractivity contribution < 1.29 is 4.39 Å². The quantitative estimate of drug-likeness (QED) is 0.351. The molecule has 0 N–H and O–H groups in total. The molecule has 5 nitrogen and oxygen atoms in total. The Bertz CT molecular complexity index is 317. The van der Waals surface area contributed by atoms with Gasteiger partial charge in [0, 0.05) is 4.91 Å². The summed E-state index contributed by atoms with van der Waals surface area (Å²) in [6.45, 7) is 1.47. The summed E-state index contributed by atoms with van der Waals surface area (Å²) in [6, 6.07) is 0. The van der Waals surface area contributed by atoms with Gasteiger partial charge in [-0.1, -0.05) is 0 Å². The Morgan fingerprint density at radius 1 is 1.64 bits per heavy atom. The molecule has 0 saturated heterocycles. The highest BCUT2D eigenvalue weighted by Gasteiger charge is 2.03. The zero-order valence-electron chi connectivity index (χ0n) is 5.69. The number of halogens is 1. The van der Waals surface area contributed by atoms with Crippen LogP contribution in [0.1, 0.15) is 5.69 Å². The summed E-state index contributed by atoms with van der Waals surface area (Å²) >= 11 is 0. The fourth-order valence-electron chi connectivity index (χ4n) is 0.557. The number of nitrogens with zero attached hydrogens (tertiary/aromatic N) is 5. The molecule has 56 valence electrons. The first-order chi connectivity index (χ1) is 5.25. The van der Waals surface area contributed by atoms with Crippen LogP contribution in [0.25, 0.3) is 10.4 Å². The molecule has 0 aliphatic carbocycles. The molecule has 1 rings (SSSR count). The highest BCUT2D eigenvalue weighted by Crippen LogP contribution is 2.14. The number of rotatable bonds is 1. The number of aryl methyl sites for hydroxylation is 1. The van der Waals surface area contributed by atoms with Crippen molar-refractivity contribution in [3.05, 3.63) is 28.3 Å². The molecule has 0 fully saturated rings. The van der Waals surface area contributed by atoms with Gasteiger partial charge in [-0.3, -0.25) is 0 Å². The number of hydrogen-bond donors (Lipinski definition) is 0. The fourth-order valence-corrected chi connectivity index (χ4v) is 0.557. The maximum Gasteiger partial charge on any atom is 0.172 e. The molecule has 1 heterocycles. The molecule has 0 saturated carbocycles. The van der Waals surface area contributed by atoms with E-state index < -0.39 is 5.82 Å². The second-order valence-corrected chi connectivity index (χ2v) is 1.79. The van der Waals surface area contributed by atoms with Gasteiger partial charge in [0.25, 0.3) is 0 Å². The Morgan fingerprint density at radius 3 is 3.00 bits per heavy atom. The van der Waals surface area contributed by atoms with Gasteiger partial charge in [0.15, 0.2) is 11.6 Å². The summed E-state index contributed by atoms with van der Waals surface area (Å²) in [5.41, 5.74) is 8.14. The largest absolute Gasteiger partial charge is 0.239 e. The average molecular weight is 153 g/mol. The van der Waals surface area contributed by atoms with Gasteiger partial charge in [0.05, 0.1) is 5.69 Å². The Balaban J connectivity index is 3.26. The molecule has 0 aromatic carbocycles. The van der Waals surface area contributed by atoms with Crippen LogP contribution >= 0.6 is 0 Å². The first-order valence-corrected chi connectivity index (χ1v) is 2.78. The molecule has 0 bridgehead atoms. The van der Waals surface area contributed by atoms with Crippen molar-refractivity contribution in [1.82, 2.24) is 9.97 Å². The van der Waals surface area contributed by atoms with E-state index in [2.05, 4.69) is 20.0 Å². The third-order valence-electron chi connectivity index (χ3n) is 1.08. The first-order valence-electron chi connectivity index (χ1n) is 2.78. The molecule has 0 unspecified atom stereocenters. The van der Waals surface area contributed by atoms with E-state index in [1.54, 1.807) is 0 Å². The topological polar surface area (TPSA) is 74.5 Å². The lowest BCUT2D eigenvalue weighted by Gasteiger charge is -1.94. The molecule has 6 heteroatoms. The van der Waals surface area contributed by atoms with Gasteiger partial charge >= 0.3 is 0 Å². The van der Waals surface area contributed by atoms with Crippen LogP contribution < -0.4 is 0 Å². The Morgan fingerprint density at radius 2 is 2.36 bits per heavy atom. The van der Waals surface area contributed by atoms with Gasteiger partial charge in [-0.25, -0.2) is 14.4 Å². The monoisotopic (exact) mass is 153 g/mol.